The zero-order chi connectivity index (χ0) is 73.6. The molecule has 0 spiro atoms. The number of nitrogens with zero attached hydrogens (tertiary/aromatic N) is 13. The first-order chi connectivity index (χ1) is 49.4. The summed E-state index contributed by atoms with van der Waals surface area (Å²) >= 11 is 6.57. The van der Waals surface area contributed by atoms with Gasteiger partial charge in [0.1, 0.15) is 105 Å². The summed E-state index contributed by atoms with van der Waals surface area (Å²) in [5, 5.41) is 12.9. The molecule has 27 heteroatoms. The van der Waals surface area contributed by atoms with Crippen LogP contribution in [0.3, 0.4) is 0 Å². The number of nitrogens with one attached hydrogen (secondary N) is 4. The van der Waals surface area contributed by atoms with Crippen LogP contribution in [0.25, 0.3) is 34.2 Å². The molecule has 22 nitrogen and oxygen atoms in total. The van der Waals surface area contributed by atoms with Crippen LogP contribution in [0.4, 0.5) is 63.6 Å². The van der Waals surface area contributed by atoms with Crippen molar-refractivity contribution < 1.29 is 41.4 Å². The molecular weight excluding hydrogens is 1340 g/mol. The van der Waals surface area contributed by atoms with Gasteiger partial charge in [-0.2, -0.15) is 0 Å². The van der Waals surface area contributed by atoms with Gasteiger partial charge in [-0.15, -0.1) is 0 Å². The molecule has 0 unspecified atom stereocenters. The SMILES string of the molecule is CC(C)Oc1cc(F)ccc1Nc1ncnc2c(Cl)c(C(=O)CCCCN(C)C)n(C)c12.CC(C)Oc1cc(F)ccc1Nc1ncnc2c1CC=C2.CC(C)Oc1cc(F)ccc1Nc1ncnc2cc(C(=O)NCCCN(C)C)n(C)c12.Fc1ccc2c(c1)CCN2c1ncnc2c1CC=C2. The van der Waals surface area contributed by atoms with Crippen LogP contribution in [-0.4, -0.2) is 143 Å². The maximum absolute atomic E-state index is 13.8. The van der Waals surface area contributed by atoms with Gasteiger partial charge >= 0.3 is 0 Å². The molecule has 0 fully saturated rings. The highest BCUT2D eigenvalue weighted by Crippen LogP contribution is 2.40. The quantitative estimate of drug-likeness (QED) is 0.0250. The van der Waals surface area contributed by atoms with E-state index in [1.165, 1.54) is 67.0 Å². The average Bonchev–Trinajstić information content (AvgIpc) is 1.67. The highest BCUT2D eigenvalue weighted by Gasteiger charge is 2.28. The van der Waals surface area contributed by atoms with Crippen LogP contribution >= 0.6 is 11.6 Å². The van der Waals surface area contributed by atoms with Crippen LogP contribution < -0.4 is 40.4 Å². The smallest absolute Gasteiger partial charge is 0.267 e. The number of unbranched alkanes of at least 4 members (excludes halogenated alkanes) is 1. The van der Waals surface area contributed by atoms with E-state index < -0.39 is 5.82 Å². The Labute approximate surface area is 601 Å². The number of fused-ring (bicyclic) bond motifs is 5. The fraction of sp³-hybridized carbons (Fsp3) is 0.342. The van der Waals surface area contributed by atoms with E-state index in [2.05, 4.69) is 81.9 Å². The molecule has 1 amide bonds. The molecule has 0 atom stereocenters. The lowest BCUT2D eigenvalue weighted by Crippen LogP contribution is -2.28. The molecule has 7 heterocycles. The summed E-state index contributed by atoms with van der Waals surface area (Å²) in [7, 11) is 11.6. The lowest BCUT2D eigenvalue weighted by Gasteiger charge is -2.20. The number of ketones is 1. The molecule has 6 aromatic heterocycles. The number of hydrogen-bond donors (Lipinski definition) is 4. The summed E-state index contributed by atoms with van der Waals surface area (Å²) in [5.41, 5.74) is 11.3. The molecule has 1 aliphatic heterocycles. The fourth-order valence-corrected chi connectivity index (χ4v) is 12.3. The van der Waals surface area contributed by atoms with Crippen molar-refractivity contribution in [3.63, 3.8) is 0 Å². The Kier molecular flexibility index (Phi) is 25.1. The number of hydrogen-bond acceptors (Lipinski definition) is 19. The first-order valence-corrected chi connectivity index (χ1v) is 34.5. The van der Waals surface area contributed by atoms with E-state index in [1.807, 2.05) is 94.0 Å². The van der Waals surface area contributed by atoms with Crippen LogP contribution in [0.2, 0.25) is 5.02 Å². The topological polar surface area (TPSA) is 233 Å². The maximum Gasteiger partial charge on any atom is 0.267 e. The molecule has 2 aliphatic carbocycles. The number of benzene rings is 4. The number of anilines is 8. The molecule has 540 valence electrons. The van der Waals surface area contributed by atoms with Crippen LogP contribution in [0.15, 0.2) is 116 Å². The van der Waals surface area contributed by atoms with Crippen LogP contribution in [0.5, 0.6) is 17.2 Å². The minimum Gasteiger partial charge on any atom is -0.489 e. The molecule has 13 rings (SSSR count). The van der Waals surface area contributed by atoms with Gasteiger partial charge in [0.15, 0.2) is 17.4 Å². The first-order valence-electron chi connectivity index (χ1n) is 34.1. The lowest BCUT2D eigenvalue weighted by atomic mass is 10.1. The number of ether oxygens (including phenoxy) is 3. The van der Waals surface area contributed by atoms with Crippen LogP contribution in [-0.2, 0) is 33.4 Å². The van der Waals surface area contributed by atoms with Crippen molar-refractivity contribution in [3.05, 3.63) is 184 Å². The van der Waals surface area contributed by atoms with Gasteiger partial charge in [0.05, 0.1) is 57.3 Å². The third kappa shape index (κ3) is 19.0. The van der Waals surface area contributed by atoms with Crippen molar-refractivity contribution in [2.24, 2.45) is 14.1 Å². The van der Waals surface area contributed by atoms with Crippen molar-refractivity contribution in [3.8, 4) is 17.2 Å². The van der Waals surface area contributed by atoms with Crippen LogP contribution in [0.1, 0.15) is 116 Å². The molecule has 10 aromatic rings. The van der Waals surface area contributed by atoms with Crippen molar-refractivity contribution in [1.82, 2.24) is 64.1 Å². The van der Waals surface area contributed by atoms with Gasteiger partial charge in [0, 0.05) is 68.6 Å². The lowest BCUT2D eigenvalue weighted by molar-refractivity contribution is 0.0942. The average molecular weight is 1430 g/mol. The van der Waals surface area contributed by atoms with E-state index in [1.54, 1.807) is 59.9 Å². The first kappa shape index (κ1) is 75.1. The van der Waals surface area contributed by atoms with E-state index in [4.69, 9.17) is 25.8 Å². The van der Waals surface area contributed by atoms with Crippen molar-refractivity contribution in [2.75, 3.05) is 75.2 Å². The Hall–Kier alpha value is -10.6. The molecule has 3 aliphatic rings. The third-order valence-electron chi connectivity index (χ3n) is 16.6. The highest BCUT2D eigenvalue weighted by molar-refractivity contribution is 6.38. The Morgan fingerprint density at radius 2 is 1.06 bits per heavy atom. The number of rotatable bonds is 24. The number of carbonyl (C=O) groups excluding carboxylic acids is 2. The minimum absolute atomic E-state index is 0.0363. The molecule has 0 radical (unpaired) electrons. The van der Waals surface area contributed by atoms with Gasteiger partial charge in [-0.3, -0.25) is 9.59 Å². The number of aryl methyl sites for hydroxylation is 2. The second-order valence-corrected chi connectivity index (χ2v) is 26.5. The molecule has 103 heavy (non-hydrogen) atoms. The summed E-state index contributed by atoms with van der Waals surface area (Å²) in [6, 6.07) is 19.7. The summed E-state index contributed by atoms with van der Waals surface area (Å²) < 4.78 is 74.8. The van der Waals surface area contributed by atoms with E-state index in [-0.39, 0.29) is 47.5 Å². The monoisotopic (exact) mass is 1430 g/mol. The van der Waals surface area contributed by atoms with Gasteiger partial charge < -0.3 is 59.3 Å². The van der Waals surface area contributed by atoms with Crippen LogP contribution in [0, 0.1) is 23.3 Å². The van der Waals surface area contributed by atoms with E-state index in [0.717, 1.165) is 98.0 Å². The van der Waals surface area contributed by atoms with Gasteiger partial charge in [0.25, 0.3) is 5.91 Å². The predicted molar refractivity (Wildman–Crippen MR) is 397 cm³/mol. The van der Waals surface area contributed by atoms with Gasteiger partial charge in [-0.05, 0) is 200 Å². The fourth-order valence-electron chi connectivity index (χ4n) is 11.9. The largest absolute Gasteiger partial charge is 0.489 e. The molecular formula is C76H86ClF4N17O5. The minimum atomic E-state index is -0.400. The predicted octanol–water partition coefficient (Wildman–Crippen LogP) is 15.1. The number of amides is 1. The van der Waals surface area contributed by atoms with Gasteiger partial charge in [-0.25, -0.2) is 57.4 Å². The third-order valence-corrected chi connectivity index (χ3v) is 16.9. The number of carbonyl (C=O) groups is 2. The summed E-state index contributed by atoms with van der Waals surface area (Å²) in [4.78, 5) is 66.4. The Balaban J connectivity index is 0.000000151. The molecule has 0 bridgehead atoms. The van der Waals surface area contributed by atoms with Crippen molar-refractivity contribution in [2.45, 2.75) is 105 Å². The maximum atomic E-state index is 13.8. The Bertz CT molecular complexity index is 4730. The number of halogens is 5. The number of aromatic nitrogens is 10. The highest BCUT2D eigenvalue weighted by atomic mass is 35.5. The zero-order valence-corrected chi connectivity index (χ0v) is 60.6. The van der Waals surface area contributed by atoms with E-state index in [9.17, 15) is 27.2 Å². The second-order valence-electron chi connectivity index (χ2n) is 26.1. The standard InChI is InChI=1S/C23H29ClFN5O2.C22H29FN6O2.C16H16FN3O.C15H12FN3/c1-14(2)32-18-12-15(25)9-10-16(18)28-23-22-20(26-13-27-23)19(24)21(30(22)5)17(31)8-6-7-11-29(3)4;1-14(2)31-19-11-15(23)7-8-16(19)27-21-20-17(25-13-26-21)12-18(29(20)5)22(30)24-9-6-10-28(3)4;1-10(2)21-15-8-11(17)6-7-14(15)20-16-12-4-3-5-13(12)18-9-19-16;16-11-4-5-14-10(8-11)6-7-19(14)15-12-2-1-3-13(12)17-9-18-15/h9-10,12-14H,6-8,11H2,1-5H3,(H,26,27,28);7-8,11-14H,6,9-10H2,1-5H3,(H,24,30)(H,25,26,27);3,5-10H,4H2,1-2H3,(H,18,19,20);1,3-5,8-9H,2,6-7H2. The van der Waals surface area contributed by atoms with Crippen molar-refractivity contribution in [1.29, 1.82) is 0 Å². The number of allylic oxidation sites excluding steroid dienone is 2. The molecule has 0 saturated carbocycles. The summed E-state index contributed by atoms with van der Waals surface area (Å²) in [6.45, 7) is 14.5. The Morgan fingerprint density at radius 3 is 1.64 bits per heavy atom. The van der Waals surface area contributed by atoms with Gasteiger partial charge in [-0.1, -0.05) is 23.8 Å². The Morgan fingerprint density at radius 1 is 0.563 bits per heavy atom. The van der Waals surface area contributed by atoms with E-state index >= 15 is 0 Å². The van der Waals surface area contributed by atoms with Gasteiger partial charge in [0.2, 0.25) is 0 Å². The van der Waals surface area contributed by atoms with E-state index in [0.29, 0.717) is 97.4 Å². The number of Topliss-reactive ketones (excluding diaryl/α,β-unsaturated/α-hetero) is 1. The summed E-state index contributed by atoms with van der Waals surface area (Å²) in [5.74, 6) is 2.37. The molecule has 4 aromatic carbocycles. The second kappa shape index (κ2) is 34.4. The molecule has 4 N–H and O–H groups in total. The zero-order valence-electron chi connectivity index (χ0n) is 59.9. The summed E-state index contributed by atoms with van der Waals surface area (Å²) in [6.07, 6.45) is 19.3. The molecule has 0 saturated heterocycles. The van der Waals surface area contributed by atoms with Crippen molar-refractivity contribution >= 4 is 104 Å². The normalized spacial score (nSPS) is 12.5.